The molecule has 61 heavy (non-hydrogen) atoms. The van der Waals surface area contributed by atoms with Crippen molar-refractivity contribution in [1.29, 1.82) is 0 Å². The minimum Gasteiger partial charge on any atom is -0.458 e. The molecule has 0 unspecified atom stereocenters. The van der Waals surface area contributed by atoms with E-state index in [2.05, 4.69) is 198 Å². The Bertz CT molecular complexity index is 3740. The predicted octanol–water partition coefficient (Wildman–Crippen LogP) is 12.6. The number of benzene rings is 7. The van der Waals surface area contributed by atoms with Crippen molar-refractivity contribution in [2.45, 2.75) is 26.2 Å². The second-order valence-corrected chi connectivity index (χ2v) is 17.2. The molecule has 0 N–H and O–H groups in total. The number of aromatic nitrogens is 6. The maximum absolute atomic E-state index is 6.85. The second-order valence-electron chi connectivity index (χ2n) is 17.2. The zero-order valence-electron chi connectivity index (χ0n) is 34.7. The number of hydrogen-bond donors (Lipinski definition) is 0. The zero-order chi connectivity index (χ0) is 41.1. The highest BCUT2D eigenvalue weighted by Gasteiger charge is 2.28. The van der Waals surface area contributed by atoms with Crippen molar-refractivity contribution in [3.8, 4) is 28.7 Å². The molecule has 7 heteroatoms. The molecule has 0 saturated carbocycles. The van der Waals surface area contributed by atoms with Gasteiger partial charge < -0.3 is 23.0 Å². The monoisotopic (exact) mass is 790 g/mol. The first-order valence-electron chi connectivity index (χ1n) is 20.8. The molecule has 0 fully saturated rings. The first-order chi connectivity index (χ1) is 29.7. The zero-order valence-corrected chi connectivity index (χ0v) is 34.7. The molecule has 7 nitrogen and oxygen atoms in total. The molecule has 5 aromatic heterocycles. The number of ether oxygens (including phenoxy) is 1. The first kappa shape index (κ1) is 35.3. The van der Waals surface area contributed by atoms with E-state index in [0.717, 1.165) is 61.7 Å². The Morgan fingerprint density at radius 1 is 0.541 bits per heavy atom. The van der Waals surface area contributed by atoms with E-state index in [9.17, 15) is 0 Å². The summed E-state index contributed by atoms with van der Waals surface area (Å²) in [5.74, 6) is 2.34. The summed E-state index contributed by atoms with van der Waals surface area (Å²) in [6.07, 6.45) is 5.43. The molecule has 294 valence electrons. The van der Waals surface area contributed by atoms with Gasteiger partial charge in [0.2, 0.25) is 6.33 Å². The van der Waals surface area contributed by atoms with Crippen molar-refractivity contribution in [3.63, 3.8) is 0 Å². The van der Waals surface area contributed by atoms with Gasteiger partial charge in [0.1, 0.15) is 17.3 Å². The van der Waals surface area contributed by atoms with Crippen LogP contribution in [-0.4, -0.2) is 23.3 Å². The molecule has 0 aliphatic carbocycles. The molecule has 0 amide bonds. The lowest BCUT2D eigenvalue weighted by Gasteiger charge is -2.20. The third-order valence-electron chi connectivity index (χ3n) is 12.5. The Balaban J connectivity index is 1.21. The van der Waals surface area contributed by atoms with Crippen molar-refractivity contribution >= 4 is 76.5 Å². The number of pyridine rings is 1. The van der Waals surface area contributed by atoms with E-state index < -0.39 is 0 Å². The summed E-state index contributed by atoms with van der Waals surface area (Å²) in [4.78, 5) is 5.18. The van der Waals surface area contributed by atoms with Crippen LogP contribution in [0.25, 0.3) is 93.6 Å². The third-order valence-corrected chi connectivity index (χ3v) is 12.5. The van der Waals surface area contributed by atoms with Crippen molar-refractivity contribution in [2.24, 2.45) is 14.1 Å². The molecule has 0 spiro atoms. The summed E-state index contributed by atoms with van der Waals surface area (Å²) in [5, 5.41) is 7.16. The van der Waals surface area contributed by atoms with Gasteiger partial charge in [0.15, 0.2) is 0 Å². The smallest absolute Gasteiger partial charge is 0.244 e. The average Bonchev–Trinajstić information content (AvgIpc) is 4.00. The van der Waals surface area contributed by atoms with Gasteiger partial charge in [0.05, 0.1) is 51.4 Å². The Kier molecular flexibility index (Phi) is 7.49. The van der Waals surface area contributed by atoms with Gasteiger partial charge in [-0.05, 0) is 71.6 Å². The fourth-order valence-corrected chi connectivity index (χ4v) is 9.75. The Morgan fingerprint density at radius 3 is 1.97 bits per heavy atom. The highest BCUT2D eigenvalue weighted by atomic mass is 16.5. The lowest BCUT2D eigenvalue weighted by atomic mass is 9.88. The summed E-state index contributed by atoms with van der Waals surface area (Å²) < 4.78 is 18.2. The predicted molar refractivity (Wildman–Crippen MR) is 249 cm³/mol. The highest BCUT2D eigenvalue weighted by molar-refractivity contribution is 6.40. The molecule has 0 aliphatic rings. The van der Waals surface area contributed by atoms with E-state index in [1.54, 1.807) is 0 Å². The standard InChI is InChI=1S/C54H42N6O/c1-54(2,3)34-28-29-55-47(30-34)60-46-32-38(61-37-19-15-18-36(31-37)58-33-56(4)44-24-13-14-25-45(44)58)26-27-41(46)50-52-49(51-48(53(50)60)39-20-9-11-22-42(39)57(51)5)40-21-10-12-23-43(40)59(52)35-16-7-6-8-17-35/h6-32H,1-5H3. The van der Waals surface area contributed by atoms with Crippen LogP contribution in [-0.2, 0) is 19.5 Å². The van der Waals surface area contributed by atoms with Gasteiger partial charge in [-0.3, -0.25) is 4.57 Å². The number of imidazole rings is 1. The van der Waals surface area contributed by atoms with Gasteiger partial charge >= 0.3 is 0 Å². The lowest BCUT2D eigenvalue weighted by molar-refractivity contribution is -0.572. The summed E-state index contributed by atoms with van der Waals surface area (Å²) in [7, 11) is 4.24. The van der Waals surface area contributed by atoms with E-state index in [0.29, 0.717) is 0 Å². The molecule has 12 aromatic rings. The van der Waals surface area contributed by atoms with Crippen LogP contribution in [0, 0.1) is 6.33 Å². The molecule has 0 radical (unpaired) electrons. The van der Waals surface area contributed by atoms with Crippen molar-refractivity contribution in [2.75, 3.05) is 0 Å². The van der Waals surface area contributed by atoms with Gasteiger partial charge in [-0.2, -0.15) is 0 Å². The van der Waals surface area contributed by atoms with E-state index in [-0.39, 0.29) is 5.41 Å². The maximum atomic E-state index is 6.85. The van der Waals surface area contributed by atoms with Gasteiger partial charge in [-0.25, -0.2) is 4.98 Å². The quantitative estimate of drug-likeness (QED) is 0.129. The number of fused-ring (bicyclic) bond motifs is 13. The SMILES string of the molecule is Cn1[c-][n+](-c2cccc(Oc3ccc4c5c6c(c7ccccc7n6-c6ccccc6)c6c(c7ccccc7n6C)c5n(-c5cc(C(C)(C)C)ccn5)c4c3)c2)c2ccccc21. The normalized spacial score (nSPS) is 12.3. The maximum Gasteiger partial charge on any atom is 0.244 e. The number of para-hydroxylation sites is 5. The van der Waals surface area contributed by atoms with Crippen LogP contribution in [0.4, 0.5) is 0 Å². The topological polar surface area (TPSA) is 45.7 Å². The third kappa shape index (κ3) is 5.16. The van der Waals surface area contributed by atoms with Crippen molar-refractivity contribution < 1.29 is 9.30 Å². The largest absolute Gasteiger partial charge is 0.458 e. The minimum absolute atomic E-state index is 0.0863. The fraction of sp³-hybridized carbons (Fsp3) is 0.111. The molecule has 12 rings (SSSR count). The highest BCUT2D eigenvalue weighted by Crippen LogP contribution is 2.49. The van der Waals surface area contributed by atoms with Gasteiger partial charge in [-0.15, -0.1) is 0 Å². The molecule has 7 aromatic carbocycles. The Labute approximate surface area is 352 Å². The van der Waals surface area contributed by atoms with Crippen LogP contribution in [0.3, 0.4) is 0 Å². The van der Waals surface area contributed by atoms with E-state index >= 15 is 0 Å². The summed E-state index contributed by atoms with van der Waals surface area (Å²) >= 11 is 0. The average molecular weight is 791 g/mol. The molecule has 0 saturated heterocycles. The Hall–Kier alpha value is -7.64. The molecular formula is C54H42N6O. The number of rotatable bonds is 5. The van der Waals surface area contributed by atoms with Crippen LogP contribution >= 0.6 is 0 Å². The van der Waals surface area contributed by atoms with Crippen LogP contribution in [0.15, 0.2) is 164 Å². The van der Waals surface area contributed by atoms with Gasteiger partial charge in [-0.1, -0.05) is 112 Å². The number of nitrogens with zero attached hydrogens (tertiary/aromatic N) is 6. The van der Waals surface area contributed by atoms with Crippen LogP contribution in [0.2, 0.25) is 0 Å². The second kappa shape index (κ2) is 12.9. The minimum atomic E-state index is -0.0863. The summed E-state index contributed by atoms with van der Waals surface area (Å²) in [5.41, 5.74) is 12.3. The van der Waals surface area contributed by atoms with E-state index in [1.807, 2.05) is 29.9 Å². The number of aryl methyl sites for hydroxylation is 2. The van der Waals surface area contributed by atoms with E-state index in [4.69, 9.17) is 9.72 Å². The lowest BCUT2D eigenvalue weighted by Crippen LogP contribution is -2.29. The molecule has 0 aliphatic heterocycles. The fourth-order valence-electron chi connectivity index (χ4n) is 9.75. The molecular weight excluding hydrogens is 749 g/mol. The van der Waals surface area contributed by atoms with Crippen LogP contribution in [0.1, 0.15) is 26.3 Å². The molecule has 0 atom stereocenters. The van der Waals surface area contributed by atoms with Gasteiger partial charge in [0.25, 0.3) is 0 Å². The van der Waals surface area contributed by atoms with Gasteiger partial charge in [0, 0.05) is 62.8 Å². The molecule has 5 heterocycles. The van der Waals surface area contributed by atoms with E-state index in [1.165, 1.54) is 49.0 Å². The Morgan fingerprint density at radius 2 is 1.18 bits per heavy atom. The van der Waals surface area contributed by atoms with Crippen LogP contribution < -0.4 is 9.30 Å². The van der Waals surface area contributed by atoms with Crippen LogP contribution in [0.5, 0.6) is 11.5 Å². The summed E-state index contributed by atoms with van der Waals surface area (Å²) in [6.45, 7) is 6.78. The van der Waals surface area contributed by atoms with Crippen molar-refractivity contribution in [3.05, 3.63) is 176 Å². The molecule has 0 bridgehead atoms. The summed E-state index contributed by atoms with van der Waals surface area (Å²) in [6, 6.07) is 56.0. The van der Waals surface area contributed by atoms with Crippen molar-refractivity contribution in [1.82, 2.24) is 23.3 Å². The number of hydrogen-bond acceptors (Lipinski definition) is 2. The first-order valence-corrected chi connectivity index (χ1v) is 20.8.